The highest BCUT2D eigenvalue weighted by molar-refractivity contribution is 8.10. The van der Waals surface area contributed by atoms with Crippen molar-refractivity contribution in [2.24, 2.45) is 0 Å². The Morgan fingerprint density at radius 2 is 2.11 bits per heavy atom. The number of carbonyl (C=O) groups is 1. The van der Waals surface area contributed by atoms with Crippen LogP contribution in [-0.4, -0.2) is 14.4 Å². The van der Waals surface area contributed by atoms with Crippen molar-refractivity contribution < 1.29 is 17.4 Å². The molecule has 0 fully saturated rings. The average molecular weight is 173 g/mol. The van der Waals surface area contributed by atoms with Crippen LogP contribution in [0.15, 0.2) is 0 Å². The van der Waals surface area contributed by atoms with E-state index in [2.05, 4.69) is 14.9 Å². The summed E-state index contributed by atoms with van der Waals surface area (Å²) < 4.78 is 23.5. The summed E-state index contributed by atoms with van der Waals surface area (Å²) in [5.41, 5.74) is 0. The topological polar surface area (TPSA) is 60.4 Å². The molecule has 0 aliphatic rings. The largest absolute Gasteiger partial charge is 0.403 e. The zero-order chi connectivity index (χ0) is 7.49. The Bertz CT molecular complexity index is 194. The first kappa shape index (κ1) is 8.71. The minimum absolute atomic E-state index is 0.00799. The Balaban J connectivity index is 3.91. The van der Waals surface area contributed by atoms with Crippen LogP contribution in [0.25, 0.3) is 0 Å². The first-order valence-corrected chi connectivity index (χ1v) is 4.36. The lowest BCUT2D eigenvalue weighted by Crippen LogP contribution is -2.05. The number of hydrogen-bond acceptors (Lipinski definition) is 4. The third kappa shape index (κ3) is 5.58. The Hall–Kier alpha value is -0.290. The predicted molar refractivity (Wildman–Crippen MR) is 31.2 cm³/mol. The van der Waals surface area contributed by atoms with E-state index in [1.807, 2.05) is 0 Å². The van der Waals surface area contributed by atoms with E-state index >= 15 is 0 Å². The van der Waals surface area contributed by atoms with Crippen LogP contribution >= 0.6 is 10.7 Å². The van der Waals surface area contributed by atoms with Gasteiger partial charge in [0.05, 0.1) is 10.7 Å². The maximum Gasteiger partial charge on any atom is 0.403 e. The molecule has 0 aliphatic heterocycles. The van der Waals surface area contributed by atoms with E-state index in [4.69, 9.17) is 0 Å². The second kappa shape index (κ2) is 3.03. The number of rotatable bonds is 2. The highest BCUT2D eigenvalue weighted by Crippen LogP contribution is 1.99. The van der Waals surface area contributed by atoms with Crippen LogP contribution in [0.1, 0.15) is 13.3 Å². The molecule has 0 aliphatic carbocycles. The molecule has 0 heterocycles. The molecule has 54 valence electrons. The van der Waals surface area contributed by atoms with Gasteiger partial charge in [0.15, 0.2) is 0 Å². The van der Waals surface area contributed by atoms with Crippen LogP contribution in [0.3, 0.4) is 0 Å². The lowest BCUT2D eigenvalue weighted by Gasteiger charge is -1.93. The van der Waals surface area contributed by atoms with Crippen molar-refractivity contribution in [2.45, 2.75) is 13.3 Å². The zero-order valence-corrected chi connectivity index (χ0v) is 6.20. The van der Waals surface area contributed by atoms with Crippen molar-refractivity contribution in [3.8, 4) is 0 Å². The standard InChI is InChI=1S/C3H5ClO4S/c1-2-3(5)8-9(4,6)7/h2H2,1H3. The van der Waals surface area contributed by atoms with Crippen molar-refractivity contribution in [2.75, 3.05) is 0 Å². The van der Waals surface area contributed by atoms with Crippen molar-refractivity contribution in [1.82, 2.24) is 0 Å². The summed E-state index contributed by atoms with van der Waals surface area (Å²) in [5, 5.41) is 0. The smallest absolute Gasteiger partial charge is 0.334 e. The molecule has 0 aromatic carbocycles. The van der Waals surface area contributed by atoms with Gasteiger partial charge in [0.25, 0.3) is 0 Å². The molecule has 0 amide bonds. The normalized spacial score (nSPS) is 10.9. The molecule has 0 radical (unpaired) electrons. The first-order valence-electron chi connectivity index (χ1n) is 2.12. The molecule has 0 unspecified atom stereocenters. The Kier molecular flexibility index (Phi) is 2.93. The molecular weight excluding hydrogens is 168 g/mol. The van der Waals surface area contributed by atoms with Gasteiger partial charge in [-0.1, -0.05) is 6.92 Å². The predicted octanol–water partition coefficient (Wildman–Crippen LogP) is 0.423. The lowest BCUT2D eigenvalue weighted by molar-refractivity contribution is -0.133. The van der Waals surface area contributed by atoms with Crippen molar-refractivity contribution in [3.05, 3.63) is 0 Å². The third-order valence-corrected chi connectivity index (χ3v) is 1.06. The molecule has 0 saturated heterocycles. The Morgan fingerprint density at radius 3 is 2.22 bits per heavy atom. The molecule has 0 saturated carbocycles. The Morgan fingerprint density at radius 1 is 1.67 bits per heavy atom. The second-order valence-corrected chi connectivity index (χ2v) is 3.29. The highest BCUT2D eigenvalue weighted by atomic mass is 35.7. The van der Waals surface area contributed by atoms with E-state index in [0.717, 1.165) is 0 Å². The minimum Gasteiger partial charge on any atom is -0.334 e. The van der Waals surface area contributed by atoms with Gasteiger partial charge in [-0.15, -0.1) is 0 Å². The second-order valence-electron chi connectivity index (χ2n) is 1.20. The van der Waals surface area contributed by atoms with Crippen molar-refractivity contribution in [1.29, 1.82) is 0 Å². The number of halogens is 1. The van der Waals surface area contributed by atoms with Crippen LogP contribution in [-0.2, 0) is 18.3 Å². The molecule has 0 N–H and O–H groups in total. The monoisotopic (exact) mass is 172 g/mol. The number of hydrogen-bond donors (Lipinski definition) is 0. The van der Waals surface area contributed by atoms with Crippen LogP contribution in [0.2, 0.25) is 0 Å². The molecule has 0 aromatic heterocycles. The summed E-state index contributed by atoms with van der Waals surface area (Å²) in [5.74, 6) is -0.856. The van der Waals surface area contributed by atoms with Crippen LogP contribution in [0, 0.1) is 0 Å². The van der Waals surface area contributed by atoms with E-state index < -0.39 is 15.3 Å². The quantitative estimate of drug-likeness (QED) is 0.567. The van der Waals surface area contributed by atoms with Gasteiger partial charge in [0, 0.05) is 6.42 Å². The summed E-state index contributed by atoms with van der Waals surface area (Å²) in [6.45, 7) is 1.46. The Labute approximate surface area is 57.4 Å². The molecule has 4 nitrogen and oxygen atoms in total. The maximum absolute atomic E-state index is 10.1. The summed E-state index contributed by atoms with van der Waals surface area (Å²) in [4.78, 5) is 10.1. The summed E-state index contributed by atoms with van der Waals surface area (Å²) in [7, 11) is 0.423. The maximum atomic E-state index is 10.1. The fraction of sp³-hybridized carbons (Fsp3) is 0.667. The van der Waals surface area contributed by atoms with Gasteiger partial charge in [0.2, 0.25) is 0 Å². The van der Waals surface area contributed by atoms with E-state index in [1.54, 1.807) is 0 Å². The van der Waals surface area contributed by atoms with E-state index in [0.29, 0.717) is 0 Å². The molecule has 0 spiro atoms. The van der Waals surface area contributed by atoms with Gasteiger partial charge in [-0.3, -0.25) is 4.79 Å². The summed E-state index contributed by atoms with van der Waals surface area (Å²) in [6, 6.07) is 0. The van der Waals surface area contributed by atoms with E-state index in [1.165, 1.54) is 6.92 Å². The molecule has 0 aromatic rings. The first-order chi connectivity index (χ1) is 3.95. The molecule has 0 atom stereocenters. The molecule has 9 heavy (non-hydrogen) atoms. The van der Waals surface area contributed by atoms with Gasteiger partial charge in [-0.25, -0.2) is 0 Å². The summed E-state index contributed by atoms with van der Waals surface area (Å²) >= 11 is 0. The lowest BCUT2D eigenvalue weighted by atomic mass is 10.5. The third-order valence-electron chi connectivity index (χ3n) is 0.481. The zero-order valence-electron chi connectivity index (χ0n) is 4.63. The highest BCUT2D eigenvalue weighted by Gasteiger charge is 2.09. The van der Waals surface area contributed by atoms with Crippen molar-refractivity contribution >= 4 is 26.0 Å². The fourth-order valence-corrected chi connectivity index (χ4v) is 0.721. The average Bonchev–Trinajstić information content (AvgIpc) is 1.62. The van der Waals surface area contributed by atoms with Gasteiger partial charge in [-0.2, -0.15) is 8.42 Å². The van der Waals surface area contributed by atoms with Gasteiger partial charge < -0.3 is 4.18 Å². The summed E-state index contributed by atoms with van der Waals surface area (Å²) in [6.07, 6.45) is -0.00799. The van der Waals surface area contributed by atoms with Crippen LogP contribution < -0.4 is 0 Å². The minimum atomic E-state index is -4.11. The van der Waals surface area contributed by atoms with Crippen LogP contribution in [0.5, 0.6) is 0 Å². The van der Waals surface area contributed by atoms with Gasteiger partial charge in [0.1, 0.15) is 0 Å². The van der Waals surface area contributed by atoms with Gasteiger partial charge in [-0.05, 0) is 0 Å². The van der Waals surface area contributed by atoms with Crippen molar-refractivity contribution in [3.63, 3.8) is 0 Å². The SMILES string of the molecule is CCC(=O)OS(=O)(=O)Cl. The molecule has 6 heteroatoms. The molecule has 0 rings (SSSR count). The molecule has 0 bridgehead atoms. The fourth-order valence-electron chi connectivity index (χ4n) is 0.170. The van der Waals surface area contributed by atoms with Crippen LogP contribution in [0.4, 0.5) is 0 Å². The molecular formula is C3H5ClO4S. The van der Waals surface area contributed by atoms with E-state index in [-0.39, 0.29) is 6.42 Å². The van der Waals surface area contributed by atoms with E-state index in [9.17, 15) is 13.2 Å². The number of carbonyl (C=O) groups excluding carboxylic acids is 1. The van der Waals surface area contributed by atoms with Gasteiger partial charge >= 0.3 is 15.3 Å².